The average Bonchev–Trinajstić information content (AvgIpc) is 2.71. The van der Waals surface area contributed by atoms with Crippen LogP contribution >= 0.6 is 27.7 Å². The van der Waals surface area contributed by atoms with Crippen molar-refractivity contribution in [1.82, 2.24) is 0 Å². The Kier molecular flexibility index (Phi) is 3.52. The Morgan fingerprint density at radius 1 is 1.47 bits per heavy atom. The molecule has 0 aromatic heterocycles. The van der Waals surface area contributed by atoms with Crippen molar-refractivity contribution >= 4 is 34.0 Å². The van der Waals surface area contributed by atoms with Gasteiger partial charge in [-0.15, -0.1) is 11.8 Å². The fraction of sp³-hybridized carbons (Fsp3) is 0.417. The number of benzene rings is 1. The van der Waals surface area contributed by atoms with Crippen LogP contribution in [0.15, 0.2) is 28.7 Å². The van der Waals surface area contributed by atoms with Crippen molar-refractivity contribution in [3.8, 4) is 0 Å². The van der Waals surface area contributed by atoms with Crippen LogP contribution in [0.2, 0.25) is 0 Å². The highest BCUT2D eigenvalue weighted by molar-refractivity contribution is 9.10. The van der Waals surface area contributed by atoms with E-state index in [-0.39, 0.29) is 4.75 Å². The van der Waals surface area contributed by atoms with Gasteiger partial charge >= 0.3 is 0 Å². The van der Waals surface area contributed by atoms with E-state index in [0.29, 0.717) is 0 Å². The minimum absolute atomic E-state index is 0.163. The summed E-state index contributed by atoms with van der Waals surface area (Å²) in [5.74, 6) is 1.11. The second-order valence-electron chi connectivity index (χ2n) is 3.90. The summed E-state index contributed by atoms with van der Waals surface area (Å²) in [5.41, 5.74) is 1.24. The Morgan fingerprint density at radius 2 is 2.27 bits per heavy atom. The lowest BCUT2D eigenvalue weighted by Gasteiger charge is -2.21. The number of halogens is 1. The number of hydrogen-bond acceptors (Lipinski definition) is 2. The van der Waals surface area contributed by atoms with Gasteiger partial charge in [0.1, 0.15) is 6.29 Å². The van der Waals surface area contributed by atoms with Gasteiger partial charge in [-0.25, -0.2) is 0 Å². The summed E-state index contributed by atoms with van der Waals surface area (Å²) in [6.45, 7) is 0. The van der Waals surface area contributed by atoms with Crippen molar-refractivity contribution < 1.29 is 4.79 Å². The van der Waals surface area contributed by atoms with Crippen LogP contribution in [0.25, 0.3) is 0 Å². The molecule has 3 heteroatoms. The van der Waals surface area contributed by atoms with Gasteiger partial charge < -0.3 is 4.79 Å². The Bertz CT molecular complexity index is 358. The highest BCUT2D eigenvalue weighted by Gasteiger charge is 2.34. The first-order chi connectivity index (χ1) is 7.26. The molecule has 1 aromatic rings. The van der Waals surface area contributed by atoms with Gasteiger partial charge in [-0.1, -0.05) is 34.1 Å². The molecule has 1 saturated heterocycles. The number of thioether (sulfide) groups is 1. The molecule has 0 bridgehead atoms. The monoisotopic (exact) mass is 284 g/mol. The van der Waals surface area contributed by atoms with Crippen LogP contribution in [0.1, 0.15) is 18.4 Å². The van der Waals surface area contributed by atoms with Gasteiger partial charge in [0.15, 0.2) is 0 Å². The van der Waals surface area contributed by atoms with Gasteiger partial charge in [0.05, 0.1) is 4.75 Å². The standard InChI is InChI=1S/C12H13BrOS/c13-11-5-2-1-4-10(11)8-12(9-14)6-3-7-15-12/h1-2,4-5,9H,3,6-8H2. The van der Waals surface area contributed by atoms with Crippen molar-refractivity contribution in [3.63, 3.8) is 0 Å². The van der Waals surface area contributed by atoms with E-state index in [4.69, 9.17) is 0 Å². The van der Waals surface area contributed by atoms with Crippen LogP contribution in [-0.4, -0.2) is 16.8 Å². The molecule has 0 saturated carbocycles. The smallest absolute Gasteiger partial charge is 0.136 e. The minimum atomic E-state index is -0.163. The molecule has 1 aliphatic heterocycles. The van der Waals surface area contributed by atoms with E-state index in [1.54, 1.807) is 11.8 Å². The molecule has 1 unspecified atom stereocenters. The summed E-state index contributed by atoms with van der Waals surface area (Å²) in [7, 11) is 0. The molecule has 0 aliphatic carbocycles. The highest BCUT2D eigenvalue weighted by atomic mass is 79.9. The van der Waals surface area contributed by atoms with Crippen molar-refractivity contribution in [3.05, 3.63) is 34.3 Å². The summed E-state index contributed by atoms with van der Waals surface area (Å²) in [6, 6.07) is 8.16. The van der Waals surface area contributed by atoms with Gasteiger partial charge in [-0.2, -0.15) is 0 Å². The molecule has 0 spiro atoms. The Hall–Kier alpha value is -0.280. The molecule has 1 nitrogen and oxygen atoms in total. The number of carbonyl (C=O) groups is 1. The molecule has 1 aliphatic rings. The molecule has 15 heavy (non-hydrogen) atoms. The zero-order chi connectivity index (χ0) is 10.7. The summed E-state index contributed by atoms with van der Waals surface area (Å²) in [5, 5.41) is 0. The van der Waals surface area contributed by atoms with E-state index < -0.39 is 0 Å². The third-order valence-electron chi connectivity index (χ3n) is 2.80. The van der Waals surface area contributed by atoms with Gasteiger partial charge in [-0.3, -0.25) is 0 Å². The van der Waals surface area contributed by atoms with Gasteiger partial charge in [-0.05, 0) is 36.6 Å². The second kappa shape index (κ2) is 4.71. The molecule has 1 fully saturated rings. The molecular weight excluding hydrogens is 272 g/mol. The van der Waals surface area contributed by atoms with Gasteiger partial charge in [0.2, 0.25) is 0 Å². The van der Waals surface area contributed by atoms with E-state index in [2.05, 4.69) is 22.0 Å². The van der Waals surface area contributed by atoms with Crippen molar-refractivity contribution in [2.45, 2.75) is 24.0 Å². The van der Waals surface area contributed by atoms with Crippen LogP contribution in [0.5, 0.6) is 0 Å². The fourth-order valence-corrected chi connectivity index (χ4v) is 3.69. The van der Waals surface area contributed by atoms with Crippen molar-refractivity contribution in [2.75, 3.05) is 5.75 Å². The molecule has 1 aromatic carbocycles. The lowest BCUT2D eigenvalue weighted by atomic mass is 9.96. The maximum absolute atomic E-state index is 11.2. The number of hydrogen-bond donors (Lipinski definition) is 0. The van der Waals surface area contributed by atoms with Crippen LogP contribution in [0.3, 0.4) is 0 Å². The fourth-order valence-electron chi connectivity index (χ4n) is 1.96. The molecule has 1 atom stereocenters. The first kappa shape index (κ1) is 11.2. The SMILES string of the molecule is O=CC1(Cc2ccccc2Br)CCCS1. The van der Waals surface area contributed by atoms with Crippen molar-refractivity contribution in [1.29, 1.82) is 0 Å². The molecule has 1 heterocycles. The normalized spacial score (nSPS) is 25.4. The van der Waals surface area contributed by atoms with E-state index >= 15 is 0 Å². The molecule has 0 N–H and O–H groups in total. The molecule has 0 radical (unpaired) electrons. The largest absolute Gasteiger partial charge is 0.302 e. The first-order valence-electron chi connectivity index (χ1n) is 5.09. The third-order valence-corrected chi connectivity index (χ3v) is 5.08. The topological polar surface area (TPSA) is 17.1 Å². The molecule has 80 valence electrons. The lowest BCUT2D eigenvalue weighted by molar-refractivity contribution is -0.109. The third kappa shape index (κ3) is 2.45. The van der Waals surface area contributed by atoms with Crippen molar-refractivity contribution in [2.24, 2.45) is 0 Å². The summed E-state index contributed by atoms with van der Waals surface area (Å²) < 4.78 is 0.947. The molecular formula is C12H13BrOS. The number of aldehydes is 1. The van der Waals surface area contributed by atoms with Gasteiger partial charge in [0, 0.05) is 4.47 Å². The van der Waals surface area contributed by atoms with Crippen LogP contribution < -0.4 is 0 Å². The number of rotatable bonds is 3. The van der Waals surface area contributed by atoms with E-state index in [0.717, 1.165) is 35.8 Å². The predicted molar refractivity (Wildman–Crippen MR) is 68.3 cm³/mol. The second-order valence-corrected chi connectivity index (χ2v) is 6.27. The van der Waals surface area contributed by atoms with Crippen LogP contribution in [0, 0.1) is 0 Å². The average molecular weight is 285 g/mol. The molecule has 0 amide bonds. The quantitative estimate of drug-likeness (QED) is 0.791. The van der Waals surface area contributed by atoms with Crippen LogP contribution in [-0.2, 0) is 11.2 Å². The minimum Gasteiger partial charge on any atom is -0.302 e. The van der Waals surface area contributed by atoms with Crippen LogP contribution in [0.4, 0.5) is 0 Å². The lowest BCUT2D eigenvalue weighted by Crippen LogP contribution is -2.26. The zero-order valence-corrected chi connectivity index (χ0v) is 10.8. The summed E-state index contributed by atoms with van der Waals surface area (Å²) in [6.07, 6.45) is 4.17. The molecule has 2 rings (SSSR count). The highest BCUT2D eigenvalue weighted by Crippen LogP contribution is 2.40. The van der Waals surface area contributed by atoms with E-state index in [1.807, 2.05) is 18.2 Å². The Labute approximate surface area is 103 Å². The Morgan fingerprint density at radius 3 is 2.87 bits per heavy atom. The number of carbonyl (C=O) groups excluding carboxylic acids is 1. The predicted octanol–water partition coefficient (Wildman–Crippen LogP) is 3.46. The maximum Gasteiger partial charge on any atom is 0.136 e. The summed E-state index contributed by atoms with van der Waals surface area (Å²) in [4.78, 5) is 11.2. The Balaban J connectivity index is 2.20. The maximum atomic E-state index is 11.2. The first-order valence-corrected chi connectivity index (χ1v) is 6.87. The van der Waals surface area contributed by atoms with E-state index in [1.165, 1.54) is 5.56 Å². The zero-order valence-electron chi connectivity index (χ0n) is 8.41. The van der Waals surface area contributed by atoms with Gasteiger partial charge in [0.25, 0.3) is 0 Å². The van der Waals surface area contributed by atoms with E-state index in [9.17, 15) is 4.79 Å². The summed E-state index contributed by atoms with van der Waals surface area (Å²) >= 11 is 5.34.